The van der Waals surface area contributed by atoms with Crippen LogP contribution in [-0.2, 0) is 5.41 Å². The number of benzene rings is 10. The lowest BCUT2D eigenvalue weighted by Gasteiger charge is -2.25. The highest BCUT2D eigenvalue weighted by Gasteiger charge is 2.39. The third-order valence-corrected chi connectivity index (χ3v) is 13.8. The van der Waals surface area contributed by atoms with Crippen molar-refractivity contribution in [3.8, 4) is 50.2 Å². The highest BCUT2D eigenvalue weighted by Crippen LogP contribution is 2.54. The molecule has 1 heterocycles. The molecule has 0 saturated carbocycles. The van der Waals surface area contributed by atoms with Crippen LogP contribution in [0.5, 0.6) is 0 Å². The monoisotopic (exact) mass is 856 g/mol. The summed E-state index contributed by atoms with van der Waals surface area (Å²) in [6.07, 6.45) is 4.54. The number of fused-ring (bicyclic) bond motifs is 7. The summed E-state index contributed by atoms with van der Waals surface area (Å²) in [7, 11) is 0. The van der Waals surface area contributed by atoms with E-state index in [1.54, 1.807) is 0 Å². The van der Waals surface area contributed by atoms with Gasteiger partial charge in [-0.25, -0.2) is 0 Å². The molecule has 0 radical (unpaired) electrons. The van der Waals surface area contributed by atoms with Crippen LogP contribution in [0.2, 0.25) is 0 Å². The van der Waals surface area contributed by atoms with Gasteiger partial charge in [0.1, 0.15) is 0 Å². The summed E-state index contributed by atoms with van der Waals surface area (Å²) in [6.45, 7) is 4.84. The summed E-state index contributed by atoms with van der Waals surface area (Å²) in [6, 6.07) is 88.2. The first kappa shape index (κ1) is 40.1. The fraction of sp³-hybridized carbons (Fsp3) is 0.0462. The summed E-state index contributed by atoms with van der Waals surface area (Å²) in [4.78, 5) is 2.30. The van der Waals surface area contributed by atoms with E-state index in [-0.39, 0.29) is 5.41 Å². The van der Waals surface area contributed by atoms with Gasteiger partial charge in [0, 0.05) is 38.9 Å². The molecule has 2 heteroatoms. The van der Waals surface area contributed by atoms with Crippen LogP contribution in [0.15, 0.2) is 243 Å². The van der Waals surface area contributed by atoms with E-state index in [1.165, 1.54) is 83.1 Å². The summed E-state index contributed by atoms with van der Waals surface area (Å²) >= 11 is 0. The molecule has 0 amide bonds. The van der Waals surface area contributed by atoms with Crippen LogP contribution in [0.3, 0.4) is 0 Å². The van der Waals surface area contributed by atoms with Gasteiger partial charge in [-0.1, -0.05) is 196 Å². The maximum atomic E-state index is 2.49. The van der Waals surface area contributed by atoms with Gasteiger partial charge in [-0.2, -0.15) is 0 Å². The Morgan fingerprint density at radius 1 is 0.388 bits per heavy atom. The Bertz CT molecular complexity index is 3570. The first-order chi connectivity index (χ1) is 33.0. The second-order valence-electron chi connectivity index (χ2n) is 18.1. The summed E-state index contributed by atoms with van der Waals surface area (Å²) < 4.78 is 2.49. The number of anilines is 3. The molecular weight excluding hydrogens is 809 g/mol. The molecule has 2 nitrogen and oxygen atoms in total. The van der Waals surface area contributed by atoms with Crippen molar-refractivity contribution < 1.29 is 0 Å². The van der Waals surface area contributed by atoms with Gasteiger partial charge < -0.3 is 9.47 Å². The van der Waals surface area contributed by atoms with E-state index in [2.05, 4.69) is 278 Å². The molecule has 1 aromatic heterocycles. The van der Waals surface area contributed by atoms with E-state index in [0.29, 0.717) is 0 Å². The lowest BCUT2D eigenvalue weighted by molar-refractivity contribution is 0.664. The van der Waals surface area contributed by atoms with Crippen molar-refractivity contribution in [2.24, 2.45) is 0 Å². The van der Waals surface area contributed by atoms with Crippen LogP contribution in [0.4, 0.5) is 17.1 Å². The van der Waals surface area contributed by atoms with Crippen molar-refractivity contribution in [1.29, 1.82) is 0 Å². The number of hydrogen-bond acceptors (Lipinski definition) is 1. The molecule has 11 aromatic rings. The van der Waals surface area contributed by atoms with Crippen molar-refractivity contribution in [1.82, 2.24) is 4.57 Å². The predicted molar refractivity (Wildman–Crippen MR) is 285 cm³/mol. The molecule has 1 aliphatic carbocycles. The second-order valence-corrected chi connectivity index (χ2v) is 18.1. The third kappa shape index (κ3) is 6.97. The van der Waals surface area contributed by atoms with E-state index in [9.17, 15) is 0 Å². The fourth-order valence-corrected chi connectivity index (χ4v) is 10.6. The smallest absolute Gasteiger partial charge is 0.0588 e. The summed E-state index contributed by atoms with van der Waals surface area (Å²) in [5, 5.41) is 2.57. The number of nitrogens with zero attached hydrogens (tertiary/aromatic N) is 2. The number of aromatic nitrogens is 1. The van der Waals surface area contributed by atoms with Crippen LogP contribution < -0.4 is 4.90 Å². The van der Waals surface area contributed by atoms with Crippen LogP contribution in [0.1, 0.15) is 36.1 Å². The van der Waals surface area contributed by atoms with Crippen LogP contribution >= 0.6 is 0 Å². The normalized spacial score (nSPS) is 12.7. The van der Waals surface area contributed by atoms with Crippen molar-refractivity contribution in [2.75, 3.05) is 4.90 Å². The highest BCUT2D eigenvalue weighted by atomic mass is 15.1. The standard InChI is InChI=1S/C65H48N2/c1-65(2)61-43-49(36-39-54(61)56-40-41-57-55-30-18-19-31-62(55)67(64(57)63(56)65)52-28-16-7-17-29-52)60-44-58(46-20-8-3-9-21-46)48(42-59(60)47-22-10-4-11-23-47)35-32-45-33-37-53(38-34-45)66(50-24-12-5-13-25-50)51-26-14-6-15-27-51/h3-44H,1-2H3. The minimum absolute atomic E-state index is 0.270. The number of hydrogen-bond donors (Lipinski definition) is 0. The maximum Gasteiger partial charge on any atom is 0.0588 e. The third-order valence-electron chi connectivity index (χ3n) is 13.8. The van der Waals surface area contributed by atoms with Gasteiger partial charge >= 0.3 is 0 Å². The van der Waals surface area contributed by atoms with Gasteiger partial charge in [0.15, 0.2) is 0 Å². The first-order valence-electron chi connectivity index (χ1n) is 23.3. The molecule has 0 bridgehead atoms. The lowest BCUT2D eigenvalue weighted by Crippen LogP contribution is -2.16. The van der Waals surface area contributed by atoms with E-state index in [4.69, 9.17) is 0 Å². The van der Waals surface area contributed by atoms with E-state index < -0.39 is 0 Å². The SMILES string of the molecule is CC1(C)c2cc(-c3cc(-c4ccccc4)c(C=Cc4ccc(N(c5ccccc5)c5ccccc5)cc4)cc3-c3ccccc3)ccc2-c2ccc3c4ccccc4n(-c4ccccc4)c3c21. The molecule has 0 aliphatic heterocycles. The molecule has 1 aliphatic rings. The zero-order valence-electron chi connectivity index (χ0n) is 37.6. The molecule has 0 fully saturated rings. The van der Waals surface area contributed by atoms with Crippen molar-refractivity contribution >= 4 is 51.0 Å². The Hall–Kier alpha value is -8.46. The van der Waals surface area contributed by atoms with E-state index >= 15 is 0 Å². The Kier molecular flexibility index (Phi) is 9.88. The highest BCUT2D eigenvalue weighted by molar-refractivity contribution is 6.13. The minimum atomic E-state index is -0.270. The Balaban J connectivity index is 0.983. The van der Waals surface area contributed by atoms with Crippen LogP contribution in [0.25, 0.3) is 84.2 Å². The average Bonchev–Trinajstić information content (AvgIpc) is 3.85. The molecule has 67 heavy (non-hydrogen) atoms. The zero-order chi connectivity index (χ0) is 44.9. The quantitative estimate of drug-likeness (QED) is 0.131. The summed E-state index contributed by atoms with van der Waals surface area (Å²) in [5.41, 5.74) is 21.6. The summed E-state index contributed by atoms with van der Waals surface area (Å²) in [5.74, 6) is 0. The molecule has 0 N–H and O–H groups in total. The van der Waals surface area contributed by atoms with E-state index in [1.807, 2.05) is 0 Å². The molecule has 0 saturated heterocycles. The lowest BCUT2D eigenvalue weighted by atomic mass is 9.80. The number of rotatable bonds is 9. The average molecular weight is 857 g/mol. The van der Waals surface area contributed by atoms with Gasteiger partial charge in [0.05, 0.1) is 11.0 Å². The Morgan fingerprint density at radius 2 is 0.925 bits per heavy atom. The molecule has 318 valence electrons. The Morgan fingerprint density at radius 3 is 1.58 bits per heavy atom. The van der Waals surface area contributed by atoms with Gasteiger partial charge in [0.2, 0.25) is 0 Å². The molecule has 0 spiro atoms. The number of para-hydroxylation sites is 4. The van der Waals surface area contributed by atoms with Crippen molar-refractivity contribution in [3.05, 3.63) is 265 Å². The zero-order valence-corrected chi connectivity index (χ0v) is 37.6. The van der Waals surface area contributed by atoms with Gasteiger partial charge in [-0.3, -0.25) is 0 Å². The Labute approximate surface area is 393 Å². The van der Waals surface area contributed by atoms with Gasteiger partial charge in [0.25, 0.3) is 0 Å². The minimum Gasteiger partial charge on any atom is -0.311 e. The first-order valence-corrected chi connectivity index (χ1v) is 23.3. The molecule has 0 unspecified atom stereocenters. The van der Waals surface area contributed by atoms with Crippen molar-refractivity contribution in [2.45, 2.75) is 19.3 Å². The molecule has 12 rings (SSSR count). The van der Waals surface area contributed by atoms with Crippen LogP contribution in [-0.4, -0.2) is 4.57 Å². The largest absolute Gasteiger partial charge is 0.311 e. The predicted octanol–water partition coefficient (Wildman–Crippen LogP) is 17.7. The van der Waals surface area contributed by atoms with Gasteiger partial charge in [-0.05, 0) is 140 Å². The molecule has 0 atom stereocenters. The second kappa shape index (κ2) is 16.5. The topological polar surface area (TPSA) is 8.17 Å². The fourth-order valence-electron chi connectivity index (χ4n) is 10.6. The van der Waals surface area contributed by atoms with Crippen LogP contribution in [0, 0.1) is 0 Å². The van der Waals surface area contributed by atoms with Gasteiger partial charge in [-0.15, -0.1) is 0 Å². The molecule has 10 aromatic carbocycles. The van der Waals surface area contributed by atoms with E-state index in [0.717, 1.165) is 28.2 Å². The molecular formula is C65H48N2. The maximum absolute atomic E-state index is 2.49. The van der Waals surface area contributed by atoms with Crippen molar-refractivity contribution in [3.63, 3.8) is 0 Å².